The molecule has 0 heterocycles. The number of hydrogen-bond acceptors (Lipinski definition) is 0. The molecule has 0 aromatic rings. The lowest BCUT2D eigenvalue weighted by atomic mass is 10.0. The quantitative estimate of drug-likeness (QED) is 0.522. The minimum atomic E-state index is 0.983. The van der Waals surface area contributed by atoms with Crippen LogP contribution in [0.15, 0.2) is 24.8 Å². The van der Waals surface area contributed by atoms with Crippen LogP contribution < -0.4 is 0 Å². The minimum absolute atomic E-state index is 0.983. The average Bonchev–Trinajstić information content (AvgIpc) is 2.41. The van der Waals surface area contributed by atoms with E-state index in [9.17, 15) is 0 Å². The lowest BCUT2D eigenvalue weighted by Crippen LogP contribution is -1.88. The zero-order valence-electron chi connectivity index (χ0n) is 6.55. The van der Waals surface area contributed by atoms with Crippen molar-refractivity contribution in [2.24, 2.45) is 5.92 Å². The third-order valence-electron chi connectivity index (χ3n) is 2.22. The average molecular weight is 136 g/mol. The molecule has 0 spiro atoms. The van der Waals surface area contributed by atoms with Crippen LogP contribution in [0.3, 0.4) is 0 Å². The van der Waals surface area contributed by atoms with E-state index in [1.807, 2.05) is 6.08 Å². The molecule has 1 aliphatic rings. The Bertz CT molecular complexity index is 116. The van der Waals surface area contributed by atoms with Crippen molar-refractivity contribution >= 4 is 0 Å². The second-order valence-corrected chi connectivity index (χ2v) is 3.05. The zero-order valence-corrected chi connectivity index (χ0v) is 6.55. The van der Waals surface area contributed by atoms with Crippen LogP contribution >= 0.6 is 0 Å². The van der Waals surface area contributed by atoms with E-state index >= 15 is 0 Å². The van der Waals surface area contributed by atoms with Gasteiger partial charge in [-0.1, -0.05) is 50.5 Å². The molecular formula is C10H16. The Morgan fingerprint density at radius 2 is 2.00 bits per heavy atom. The van der Waals surface area contributed by atoms with E-state index in [1.165, 1.54) is 32.1 Å². The van der Waals surface area contributed by atoms with Crippen LogP contribution in [-0.4, -0.2) is 0 Å². The van der Waals surface area contributed by atoms with Gasteiger partial charge < -0.3 is 0 Å². The molecule has 0 saturated heterocycles. The summed E-state index contributed by atoms with van der Waals surface area (Å²) in [6, 6.07) is 0. The van der Waals surface area contributed by atoms with Crippen molar-refractivity contribution in [2.75, 3.05) is 0 Å². The summed E-state index contributed by atoms with van der Waals surface area (Å²) in [6.45, 7) is 3.64. The molecule has 0 heteroatoms. The van der Waals surface area contributed by atoms with E-state index in [-0.39, 0.29) is 0 Å². The molecule has 1 saturated carbocycles. The Labute approximate surface area is 63.6 Å². The van der Waals surface area contributed by atoms with Gasteiger partial charge in [-0.2, -0.15) is 0 Å². The number of rotatable bonds is 3. The molecule has 1 fully saturated rings. The van der Waals surface area contributed by atoms with Crippen molar-refractivity contribution in [3.05, 3.63) is 24.8 Å². The highest BCUT2D eigenvalue weighted by Gasteiger charge is 2.12. The maximum atomic E-state index is 3.64. The van der Waals surface area contributed by atoms with Gasteiger partial charge in [0.25, 0.3) is 0 Å². The van der Waals surface area contributed by atoms with Crippen molar-refractivity contribution in [2.45, 2.75) is 32.1 Å². The van der Waals surface area contributed by atoms with E-state index in [4.69, 9.17) is 0 Å². The minimum Gasteiger partial charge on any atom is -0.0991 e. The third kappa shape index (κ3) is 2.38. The summed E-state index contributed by atoms with van der Waals surface area (Å²) in [4.78, 5) is 0. The van der Waals surface area contributed by atoms with Crippen molar-refractivity contribution in [3.8, 4) is 0 Å². The van der Waals surface area contributed by atoms with Gasteiger partial charge >= 0.3 is 0 Å². The van der Waals surface area contributed by atoms with Gasteiger partial charge in [-0.15, -0.1) is 0 Å². The van der Waals surface area contributed by atoms with Crippen molar-refractivity contribution < 1.29 is 0 Å². The van der Waals surface area contributed by atoms with Gasteiger partial charge in [-0.05, 0) is 12.3 Å². The fraction of sp³-hybridized carbons (Fsp3) is 0.600. The Hall–Kier alpha value is -0.520. The highest BCUT2D eigenvalue weighted by atomic mass is 14.2. The standard InChI is InChI=1S/C10H16/c1-2-3-4-7-10-8-5-6-9-10/h2-4,10H,1,5-9H2/b4-3-. The predicted octanol–water partition coefficient (Wildman–Crippen LogP) is 3.31. The number of hydrogen-bond donors (Lipinski definition) is 0. The first-order valence-electron chi connectivity index (χ1n) is 4.21. The largest absolute Gasteiger partial charge is 0.0991 e. The molecular weight excluding hydrogens is 120 g/mol. The molecule has 10 heavy (non-hydrogen) atoms. The molecule has 0 amide bonds. The molecule has 0 nitrogen and oxygen atoms in total. The van der Waals surface area contributed by atoms with Gasteiger partial charge in [0.15, 0.2) is 0 Å². The summed E-state index contributed by atoms with van der Waals surface area (Å²) in [5.41, 5.74) is 0. The summed E-state index contributed by atoms with van der Waals surface area (Å²) in [5.74, 6) is 0.983. The fourth-order valence-corrected chi connectivity index (χ4v) is 1.61. The number of allylic oxidation sites excluding steroid dienone is 3. The highest BCUT2D eigenvalue weighted by molar-refractivity contribution is 4.97. The Balaban J connectivity index is 2.12. The third-order valence-corrected chi connectivity index (χ3v) is 2.22. The first-order chi connectivity index (χ1) is 4.93. The van der Waals surface area contributed by atoms with Gasteiger partial charge in [-0.25, -0.2) is 0 Å². The fourth-order valence-electron chi connectivity index (χ4n) is 1.61. The summed E-state index contributed by atoms with van der Waals surface area (Å²) in [5, 5.41) is 0. The topological polar surface area (TPSA) is 0 Å². The van der Waals surface area contributed by atoms with Gasteiger partial charge in [0, 0.05) is 0 Å². The second-order valence-electron chi connectivity index (χ2n) is 3.05. The smallest absolute Gasteiger partial charge is 0.0319 e. The SMILES string of the molecule is C=C/C=C\CC1CCCC1. The molecule has 0 N–H and O–H groups in total. The van der Waals surface area contributed by atoms with Gasteiger partial charge in [0.05, 0.1) is 0 Å². The van der Waals surface area contributed by atoms with Crippen molar-refractivity contribution in [1.82, 2.24) is 0 Å². The Morgan fingerprint density at radius 1 is 1.30 bits per heavy atom. The summed E-state index contributed by atoms with van der Waals surface area (Å²) >= 11 is 0. The molecule has 1 aliphatic carbocycles. The van der Waals surface area contributed by atoms with E-state index in [1.54, 1.807) is 0 Å². The molecule has 0 aromatic heterocycles. The first-order valence-corrected chi connectivity index (χ1v) is 4.21. The molecule has 56 valence electrons. The van der Waals surface area contributed by atoms with Crippen LogP contribution in [0, 0.1) is 5.92 Å². The molecule has 0 radical (unpaired) electrons. The zero-order chi connectivity index (χ0) is 7.23. The molecule has 1 rings (SSSR count). The van der Waals surface area contributed by atoms with Crippen LogP contribution in [0.1, 0.15) is 32.1 Å². The predicted molar refractivity (Wildman–Crippen MR) is 45.9 cm³/mol. The summed E-state index contributed by atoms with van der Waals surface area (Å²) in [7, 11) is 0. The first kappa shape index (κ1) is 7.59. The maximum absolute atomic E-state index is 3.64. The highest BCUT2D eigenvalue weighted by Crippen LogP contribution is 2.27. The lowest BCUT2D eigenvalue weighted by molar-refractivity contribution is 0.558. The van der Waals surface area contributed by atoms with E-state index in [2.05, 4.69) is 18.7 Å². The van der Waals surface area contributed by atoms with Gasteiger partial charge in [0.2, 0.25) is 0 Å². The van der Waals surface area contributed by atoms with Crippen LogP contribution in [0.4, 0.5) is 0 Å². The van der Waals surface area contributed by atoms with Crippen molar-refractivity contribution in [1.29, 1.82) is 0 Å². The molecule has 0 bridgehead atoms. The summed E-state index contributed by atoms with van der Waals surface area (Å²) in [6.07, 6.45) is 13.2. The molecule has 0 unspecified atom stereocenters. The van der Waals surface area contributed by atoms with Gasteiger partial charge in [0.1, 0.15) is 0 Å². The van der Waals surface area contributed by atoms with Gasteiger partial charge in [-0.3, -0.25) is 0 Å². The maximum Gasteiger partial charge on any atom is -0.0319 e. The van der Waals surface area contributed by atoms with Crippen LogP contribution in [-0.2, 0) is 0 Å². The van der Waals surface area contributed by atoms with Crippen LogP contribution in [0.2, 0.25) is 0 Å². The molecule has 0 aliphatic heterocycles. The van der Waals surface area contributed by atoms with Crippen LogP contribution in [0.5, 0.6) is 0 Å². The summed E-state index contributed by atoms with van der Waals surface area (Å²) < 4.78 is 0. The normalized spacial score (nSPS) is 20.4. The van der Waals surface area contributed by atoms with Crippen LogP contribution in [0.25, 0.3) is 0 Å². The van der Waals surface area contributed by atoms with E-state index in [0.29, 0.717) is 0 Å². The van der Waals surface area contributed by atoms with Crippen molar-refractivity contribution in [3.63, 3.8) is 0 Å². The Kier molecular flexibility index (Phi) is 3.28. The van der Waals surface area contributed by atoms with E-state index in [0.717, 1.165) is 5.92 Å². The molecule has 0 aromatic carbocycles. The van der Waals surface area contributed by atoms with E-state index < -0.39 is 0 Å². The Morgan fingerprint density at radius 3 is 2.60 bits per heavy atom. The molecule has 0 atom stereocenters. The second kappa shape index (κ2) is 4.32. The monoisotopic (exact) mass is 136 g/mol. The lowest BCUT2D eigenvalue weighted by Gasteiger charge is -2.01.